The highest BCUT2D eigenvalue weighted by Crippen LogP contribution is 2.07. The highest BCUT2D eigenvalue weighted by molar-refractivity contribution is 7.94. The summed E-state index contributed by atoms with van der Waals surface area (Å²) >= 11 is 0. The Morgan fingerprint density at radius 3 is 2.77 bits per heavy atom. The molecule has 1 heterocycles. The van der Waals surface area contributed by atoms with Gasteiger partial charge in [0.15, 0.2) is 9.84 Å². The van der Waals surface area contributed by atoms with Crippen LogP contribution in [-0.2, 0) is 14.6 Å². The second-order valence-corrected chi connectivity index (χ2v) is 4.53. The third-order valence-corrected chi connectivity index (χ3v) is 2.86. The lowest BCUT2D eigenvalue weighted by Gasteiger charge is -2.04. The second-order valence-electron chi connectivity index (χ2n) is 2.60. The third-order valence-electron chi connectivity index (χ3n) is 1.47. The van der Waals surface area contributed by atoms with Gasteiger partial charge in [0.1, 0.15) is 0 Å². The van der Waals surface area contributed by atoms with E-state index < -0.39 is 15.8 Å². The maximum atomic E-state index is 10.9. The van der Waals surface area contributed by atoms with E-state index in [1.54, 1.807) is 0 Å². The van der Waals surface area contributed by atoms with Gasteiger partial charge in [-0.05, 0) is 0 Å². The zero-order valence-electron chi connectivity index (χ0n) is 6.67. The number of carboxylic acids is 1. The minimum absolute atomic E-state index is 0.0169. The van der Waals surface area contributed by atoms with Crippen LogP contribution in [0.25, 0.3) is 0 Å². The molecule has 0 bridgehead atoms. The Balaban J connectivity index is 2.43. The van der Waals surface area contributed by atoms with Crippen molar-refractivity contribution in [1.82, 2.24) is 5.32 Å². The molecule has 0 aromatic rings. The molecule has 0 saturated heterocycles. The van der Waals surface area contributed by atoms with Crippen molar-refractivity contribution in [1.29, 1.82) is 0 Å². The van der Waals surface area contributed by atoms with E-state index in [1.165, 1.54) is 12.3 Å². The molecule has 1 aliphatic rings. The number of rotatable bonds is 3. The highest BCUT2D eigenvalue weighted by atomic mass is 32.2. The number of carboxylic acid groups (broad SMARTS) is 1. The van der Waals surface area contributed by atoms with Crippen LogP contribution in [0.2, 0.25) is 0 Å². The van der Waals surface area contributed by atoms with Crippen LogP contribution in [0.3, 0.4) is 0 Å². The van der Waals surface area contributed by atoms with Crippen molar-refractivity contribution in [3.63, 3.8) is 0 Å². The average molecular weight is 203 g/mol. The molecule has 5 nitrogen and oxygen atoms in total. The van der Waals surface area contributed by atoms with Gasteiger partial charge in [-0.25, -0.2) is 13.2 Å². The second kappa shape index (κ2) is 3.61. The van der Waals surface area contributed by atoms with Crippen LogP contribution in [0, 0.1) is 0 Å². The quantitative estimate of drug-likeness (QED) is 0.603. The smallest absolute Gasteiger partial charge is 0.329 e. The molecule has 0 fully saturated rings. The molecule has 0 amide bonds. The summed E-state index contributed by atoms with van der Waals surface area (Å²) in [5.74, 6) is -1.09. The third kappa shape index (κ3) is 3.29. The first-order valence-electron chi connectivity index (χ1n) is 3.56. The van der Waals surface area contributed by atoms with E-state index in [9.17, 15) is 13.2 Å². The largest absolute Gasteiger partial charge is 0.478 e. The van der Waals surface area contributed by atoms with E-state index in [-0.39, 0.29) is 11.8 Å². The summed E-state index contributed by atoms with van der Waals surface area (Å²) in [7, 11) is -3.07. The first-order valence-corrected chi connectivity index (χ1v) is 5.28. The van der Waals surface area contributed by atoms with E-state index in [0.717, 1.165) is 11.5 Å². The van der Waals surface area contributed by atoms with Gasteiger partial charge in [-0.15, -0.1) is 0 Å². The minimum atomic E-state index is -3.07. The van der Waals surface area contributed by atoms with E-state index in [1.807, 2.05) is 0 Å². The summed E-state index contributed by atoms with van der Waals surface area (Å²) in [5.41, 5.74) is 0. The molecule has 1 unspecified atom stereocenters. The van der Waals surface area contributed by atoms with E-state index in [2.05, 4.69) is 5.32 Å². The van der Waals surface area contributed by atoms with Crippen LogP contribution in [0.5, 0.6) is 0 Å². The number of aliphatic carboxylic acids is 1. The van der Waals surface area contributed by atoms with Gasteiger partial charge in [0.05, 0.1) is 11.8 Å². The molecule has 0 aromatic carbocycles. The molecular weight excluding hydrogens is 194 g/mol. The summed E-state index contributed by atoms with van der Waals surface area (Å²) < 4.78 is 21.7. The Bertz CT molecular complexity index is 355. The van der Waals surface area contributed by atoms with Crippen LogP contribution in [0.15, 0.2) is 23.8 Å². The number of nitrogens with one attached hydrogen (secondary N) is 1. The molecule has 0 aliphatic carbocycles. The lowest BCUT2D eigenvalue weighted by molar-refractivity contribution is -0.131. The molecule has 0 aromatic heterocycles. The molecule has 13 heavy (non-hydrogen) atoms. The molecule has 0 saturated carbocycles. The number of hydrogen-bond donors (Lipinski definition) is 2. The van der Waals surface area contributed by atoms with Crippen LogP contribution in [0.4, 0.5) is 0 Å². The van der Waals surface area contributed by atoms with Crippen molar-refractivity contribution in [3.8, 4) is 0 Å². The normalized spacial score (nSPS) is 25.1. The Morgan fingerprint density at radius 1 is 1.62 bits per heavy atom. The minimum Gasteiger partial charge on any atom is -0.478 e. The van der Waals surface area contributed by atoms with Crippen molar-refractivity contribution in [2.75, 3.05) is 5.75 Å². The highest BCUT2D eigenvalue weighted by Gasteiger charge is 2.19. The standard InChI is InChI=1S/C7H9NO4S/c9-7(10)1-3-8-6-2-4-13(11,12)5-6/h1-4,6,8H,5H2,(H,9,10)/b3-1+. The summed E-state index contributed by atoms with van der Waals surface area (Å²) in [4.78, 5) is 10.0. The molecule has 72 valence electrons. The maximum absolute atomic E-state index is 10.9. The van der Waals surface area contributed by atoms with Gasteiger partial charge >= 0.3 is 5.97 Å². The van der Waals surface area contributed by atoms with Gasteiger partial charge < -0.3 is 10.4 Å². The van der Waals surface area contributed by atoms with Gasteiger partial charge in [0.2, 0.25) is 0 Å². The molecule has 2 N–H and O–H groups in total. The van der Waals surface area contributed by atoms with E-state index >= 15 is 0 Å². The van der Waals surface area contributed by atoms with Gasteiger partial charge in [0, 0.05) is 17.7 Å². The Morgan fingerprint density at radius 2 is 2.31 bits per heavy atom. The van der Waals surface area contributed by atoms with Crippen molar-refractivity contribution < 1.29 is 18.3 Å². The molecule has 0 spiro atoms. The Labute approximate surface area is 75.7 Å². The summed E-state index contributed by atoms with van der Waals surface area (Å²) in [6, 6.07) is -0.319. The Kier molecular flexibility index (Phi) is 2.72. The summed E-state index contributed by atoms with van der Waals surface area (Å²) in [6.45, 7) is 0. The van der Waals surface area contributed by atoms with Crippen LogP contribution in [-0.4, -0.2) is 31.3 Å². The van der Waals surface area contributed by atoms with Gasteiger partial charge in [-0.2, -0.15) is 0 Å². The van der Waals surface area contributed by atoms with E-state index in [0.29, 0.717) is 0 Å². The first-order chi connectivity index (χ1) is 5.99. The van der Waals surface area contributed by atoms with Gasteiger partial charge in [-0.1, -0.05) is 6.08 Å². The van der Waals surface area contributed by atoms with E-state index in [4.69, 9.17) is 5.11 Å². The van der Waals surface area contributed by atoms with Crippen molar-refractivity contribution >= 4 is 15.8 Å². The number of carbonyl (C=O) groups is 1. The molecule has 1 rings (SSSR count). The zero-order valence-corrected chi connectivity index (χ0v) is 7.49. The topological polar surface area (TPSA) is 83.5 Å². The van der Waals surface area contributed by atoms with Gasteiger partial charge in [0.25, 0.3) is 0 Å². The molecule has 1 atom stereocenters. The molecule has 0 radical (unpaired) electrons. The van der Waals surface area contributed by atoms with Crippen LogP contribution >= 0.6 is 0 Å². The molecular formula is C7H9NO4S. The van der Waals surface area contributed by atoms with Crippen molar-refractivity contribution in [3.05, 3.63) is 23.8 Å². The van der Waals surface area contributed by atoms with Crippen molar-refractivity contribution in [2.45, 2.75) is 6.04 Å². The summed E-state index contributed by atoms with van der Waals surface area (Å²) in [6.07, 6.45) is 3.62. The number of sulfone groups is 1. The lowest BCUT2D eigenvalue weighted by atomic mass is 10.3. The van der Waals surface area contributed by atoms with Crippen LogP contribution in [0.1, 0.15) is 0 Å². The summed E-state index contributed by atoms with van der Waals surface area (Å²) in [5, 5.41) is 12.0. The maximum Gasteiger partial charge on any atom is 0.329 e. The first kappa shape index (κ1) is 9.79. The SMILES string of the molecule is O=C(O)/C=C/NC1C=CS(=O)(=O)C1. The Hall–Kier alpha value is -1.30. The fourth-order valence-electron chi connectivity index (χ4n) is 0.923. The average Bonchev–Trinajstić information content (AvgIpc) is 2.29. The molecule has 1 aliphatic heterocycles. The fourth-order valence-corrected chi connectivity index (χ4v) is 2.17. The van der Waals surface area contributed by atoms with Crippen LogP contribution < -0.4 is 5.32 Å². The predicted molar refractivity (Wildman–Crippen MR) is 46.6 cm³/mol. The monoisotopic (exact) mass is 203 g/mol. The predicted octanol–water partition coefficient (Wildman–Crippen LogP) is -0.515. The fraction of sp³-hybridized carbons (Fsp3) is 0.286. The van der Waals surface area contributed by atoms with Crippen molar-refractivity contribution in [2.24, 2.45) is 0 Å². The number of hydrogen-bond acceptors (Lipinski definition) is 4. The molecule has 6 heteroatoms. The zero-order chi connectivity index (χ0) is 9.90. The lowest BCUT2D eigenvalue weighted by Crippen LogP contribution is -2.25. The van der Waals surface area contributed by atoms with Gasteiger partial charge in [-0.3, -0.25) is 0 Å².